The summed E-state index contributed by atoms with van der Waals surface area (Å²) in [4.78, 5) is 8.82. The van der Waals surface area contributed by atoms with Gasteiger partial charge in [-0.15, -0.1) is 0 Å². The molecule has 0 saturated heterocycles. The molecule has 3 aromatic rings. The molecule has 0 radical (unpaired) electrons. The predicted octanol–water partition coefficient (Wildman–Crippen LogP) is 4.31. The van der Waals surface area contributed by atoms with E-state index < -0.39 is 0 Å². The highest BCUT2D eigenvalue weighted by molar-refractivity contribution is 9.10. The van der Waals surface area contributed by atoms with Gasteiger partial charge in [0.25, 0.3) is 0 Å². The Balaban J connectivity index is 1.97. The van der Waals surface area contributed by atoms with Gasteiger partial charge in [0.2, 0.25) is 5.95 Å². The molecule has 0 aliphatic heterocycles. The Kier molecular flexibility index (Phi) is 3.82. The van der Waals surface area contributed by atoms with E-state index in [0.717, 1.165) is 33.3 Å². The van der Waals surface area contributed by atoms with Crippen molar-refractivity contribution in [2.45, 2.75) is 20.4 Å². The monoisotopic (exact) mass is 365 g/mol. The molecular formula is C14H13BrClN5. The van der Waals surface area contributed by atoms with Crippen molar-refractivity contribution in [1.29, 1.82) is 0 Å². The average molecular weight is 367 g/mol. The van der Waals surface area contributed by atoms with E-state index in [1.807, 2.05) is 23.7 Å². The molecule has 0 bridgehead atoms. The lowest BCUT2D eigenvalue weighted by molar-refractivity contribution is 0.640. The van der Waals surface area contributed by atoms with Crippen molar-refractivity contribution in [2.24, 2.45) is 0 Å². The first-order valence-corrected chi connectivity index (χ1v) is 7.67. The zero-order chi connectivity index (χ0) is 15.0. The second-order valence-electron chi connectivity index (χ2n) is 4.60. The number of benzene rings is 1. The van der Waals surface area contributed by atoms with Crippen LogP contribution in [0.15, 0.2) is 29.0 Å². The molecule has 108 valence electrons. The van der Waals surface area contributed by atoms with E-state index in [0.29, 0.717) is 11.0 Å². The van der Waals surface area contributed by atoms with Gasteiger partial charge in [-0.1, -0.05) is 11.6 Å². The molecule has 0 amide bonds. The Labute approximate surface area is 135 Å². The molecule has 0 fully saturated rings. The van der Waals surface area contributed by atoms with Crippen molar-refractivity contribution >= 4 is 50.1 Å². The number of fused-ring (bicyclic) bond motifs is 1. The summed E-state index contributed by atoms with van der Waals surface area (Å²) >= 11 is 9.47. The minimum atomic E-state index is 0.537. The number of aromatic nitrogens is 4. The topological polar surface area (TPSA) is 55.6 Å². The molecule has 21 heavy (non-hydrogen) atoms. The molecule has 1 aromatic carbocycles. The van der Waals surface area contributed by atoms with Crippen molar-refractivity contribution in [3.8, 4) is 0 Å². The zero-order valence-corrected chi connectivity index (χ0v) is 13.9. The molecule has 7 heteroatoms. The predicted molar refractivity (Wildman–Crippen MR) is 88.2 cm³/mol. The molecule has 0 unspecified atom stereocenters. The lowest BCUT2D eigenvalue weighted by Crippen LogP contribution is -2.01. The lowest BCUT2D eigenvalue weighted by Gasteiger charge is -2.06. The van der Waals surface area contributed by atoms with Gasteiger partial charge in [0.15, 0.2) is 0 Å². The van der Waals surface area contributed by atoms with E-state index in [1.54, 1.807) is 12.4 Å². The molecule has 5 nitrogen and oxygen atoms in total. The molecule has 0 atom stereocenters. The lowest BCUT2D eigenvalue weighted by atomic mass is 10.2. The highest BCUT2D eigenvalue weighted by Crippen LogP contribution is 2.28. The van der Waals surface area contributed by atoms with Crippen molar-refractivity contribution < 1.29 is 0 Å². The minimum absolute atomic E-state index is 0.537. The van der Waals surface area contributed by atoms with E-state index in [9.17, 15) is 0 Å². The number of nitrogens with zero attached hydrogens (tertiary/aromatic N) is 4. The Morgan fingerprint density at radius 1 is 1.33 bits per heavy atom. The molecule has 1 N–H and O–H groups in total. The van der Waals surface area contributed by atoms with Crippen LogP contribution >= 0.6 is 27.5 Å². The highest BCUT2D eigenvalue weighted by atomic mass is 79.9. The van der Waals surface area contributed by atoms with Crippen molar-refractivity contribution in [3.63, 3.8) is 0 Å². The third-order valence-electron chi connectivity index (χ3n) is 3.27. The fraction of sp³-hybridized carbons (Fsp3) is 0.214. The number of halogens is 2. The first-order chi connectivity index (χ1) is 10.1. The number of aryl methyl sites for hydroxylation is 1. The molecule has 2 aromatic heterocycles. The first kappa shape index (κ1) is 14.3. The number of hydrogen-bond donors (Lipinski definition) is 1. The summed E-state index contributed by atoms with van der Waals surface area (Å²) < 4.78 is 2.73. The summed E-state index contributed by atoms with van der Waals surface area (Å²) in [5.74, 6) is 0.537. The molecule has 0 saturated carbocycles. The average Bonchev–Trinajstić information content (AvgIpc) is 2.81. The van der Waals surface area contributed by atoms with Gasteiger partial charge in [-0.05, 0) is 41.9 Å². The van der Waals surface area contributed by atoms with Gasteiger partial charge < -0.3 is 5.32 Å². The smallest absolute Gasteiger partial charge is 0.227 e. The van der Waals surface area contributed by atoms with Crippen molar-refractivity contribution in [1.82, 2.24) is 19.7 Å². The van der Waals surface area contributed by atoms with Gasteiger partial charge in [-0.25, -0.2) is 9.97 Å². The van der Waals surface area contributed by atoms with E-state index in [4.69, 9.17) is 11.6 Å². The van der Waals surface area contributed by atoms with Crippen LogP contribution in [0.5, 0.6) is 0 Å². The molecular weight excluding hydrogens is 354 g/mol. The van der Waals surface area contributed by atoms with Crippen LogP contribution in [0.1, 0.15) is 12.6 Å². The zero-order valence-electron chi connectivity index (χ0n) is 11.6. The maximum Gasteiger partial charge on any atom is 0.227 e. The standard InChI is InChI=1S/C14H13BrClN5/c1-3-21-8(2)13(7-18-21)20-14-17-6-9-4-11(16)10(15)5-12(9)19-14/h4-7H,3H2,1-2H3,(H,17,19,20). The third-order valence-corrected chi connectivity index (χ3v) is 4.47. The van der Waals surface area contributed by atoms with Gasteiger partial charge in [0.1, 0.15) is 0 Å². The molecule has 0 spiro atoms. The summed E-state index contributed by atoms with van der Waals surface area (Å²) in [5.41, 5.74) is 2.78. The van der Waals surface area contributed by atoms with Gasteiger partial charge >= 0.3 is 0 Å². The Hall–Kier alpha value is -1.66. The Bertz CT molecular complexity index is 814. The van der Waals surface area contributed by atoms with Crippen molar-refractivity contribution in [2.75, 3.05) is 5.32 Å². The van der Waals surface area contributed by atoms with E-state index in [-0.39, 0.29) is 0 Å². The van der Waals surface area contributed by atoms with E-state index >= 15 is 0 Å². The summed E-state index contributed by atoms with van der Waals surface area (Å²) in [6.45, 7) is 4.89. The van der Waals surface area contributed by atoms with E-state index in [1.165, 1.54) is 0 Å². The van der Waals surface area contributed by atoms with Crippen LogP contribution in [0.4, 0.5) is 11.6 Å². The van der Waals surface area contributed by atoms with Gasteiger partial charge in [-0.3, -0.25) is 4.68 Å². The van der Waals surface area contributed by atoms with Crippen LogP contribution in [0, 0.1) is 6.92 Å². The summed E-state index contributed by atoms with van der Waals surface area (Å²) in [6.07, 6.45) is 3.53. The first-order valence-electron chi connectivity index (χ1n) is 6.49. The van der Waals surface area contributed by atoms with Crippen LogP contribution < -0.4 is 5.32 Å². The second-order valence-corrected chi connectivity index (χ2v) is 5.86. The van der Waals surface area contributed by atoms with Crippen LogP contribution in [0.2, 0.25) is 5.02 Å². The maximum absolute atomic E-state index is 6.07. The van der Waals surface area contributed by atoms with Crippen molar-refractivity contribution in [3.05, 3.63) is 39.7 Å². The van der Waals surface area contributed by atoms with Crippen LogP contribution in [0.3, 0.4) is 0 Å². The number of hydrogen-bond acceptors (Lipinski definition) is 4. The molecule has 0 aliphatic rings. The summed E-state index contributed by atoms with van der Waals surface area (Å²) in [6, 6.07) is 3.72. The molecule has 0 aliphatic carbocycles. The van der Waals surface area contributed by atoms with Gasteiger partial charge in [0.05, 0.1) is 28.1 Å². The van der Waals surface area contributed by atoms with Crippen LogP contribution in [-0.4, -0.2) is 19.7 Å². The fourth-order valence-electron chi connectivity index (χ4n) is 2.09. The van der Waals surface area contributed by atoms with Crippen LogP contribution in [0.25, 0.3) is 10.9 Å². The number of anilines is 2. The third kappa shape index (κ3) is 2.73. The number of nitrogens with one attached hydrogen (secondary N) is 1. The summed E-state index contributed by atoms with van der Waals surface area (Å²) in [5, 5.41) is 9.03. The van der Waals surface area contributed by atoms with E-state index in [2.05, 4.69) is 43.2 Å². The SMILES string of the molecule is CCn1ncc(Nc2ncc3cc(Cl)c(Br)cc3n2)c1C. The van der Waals surface area contributed by atoms with Crippen LogP contribution in [-0.2, 0) is 6.54 Å². The van der Waals surface area contributed by atoms with Gasteiger partial charge in [-0.2, -0.15) is 5.10 Å². The molecule has 2 heterocycles. The minimum Gasteiger partial charge on any atom is -0.321 e. The maximum atomic E-state index is 6.07. The fourth-order valence-corrected chi connectivity index (χ4v) is 2.60. The number of rotatable bonds is 3. The quantitative estimate of drug-likeness (QED) is 0.750. The second kappa shape index (κ2) is 5.61. The highest BCUT2D eigenvalue weighted by Gasteiger charge is 2.08. The summed E-state index contributed by atoms with van der Waals surface area (Å²) in [7, 11) is 0. The normalized spacial score (nSPS) is 11.0. The Morgan fingerprint density at radius 3 is 2.86 bits per heavy atom. The van der Waals surface area contributed by atoms with Gasteiger partial charge in [0, 0.05) is 22.6 Å². The largest absolute Gasteiger partial charge is 0.321 e. The molecule has 3 rings (SSSR count). The Morgan fingerprint density at radius 2 is 2.14 bits per heavy atom.